The number of benzene rings is 1. The highest BCUT2D eigenvalue weighted by atomic mass is 35.5. The Morgan fingerprint density at radius 1 is 1.33 bits per heavy atom. The number of aryl methyl sites for hydroxylation is 1. The van der Waals surface area contributed by atoms with Crippen LogP contribution in [0.15, 0.2) is 30.7 Å². The minimum atomic E-state index is -0.0609. The number of imidazole rings is 1. The fourth-order valence-corrected chi connectivity index (χ4v) is 3.43. The van der Waals surface area contributed by atoms with Gasteiger partial charge in [0.05, 0.1) is 12.5 Å². The molecule has 0 bridgehead atoms. The Hall–Kier alpha value is -1.56. The number of rotatable bonds is 4. The molecule has 0 saturated carbocycles. The molecule has 2 heterocycles. The Balaban J connectivity index is 1.51. The van der Waals surface area contributed by atoms with Gasteiger partial charge in [-0.1, -0.05) is 29.3 Å². The molecule has 0 spiro atoms. The van der Waals surface area contributed by atoms with E-state index in [0.29, 0.717) is 15.7 Å². The first kappa shape index (κ1) is 17.3. The Kier molecular flexibility index (Phi) is 5.43. The zero-order valence-corrected chi connectivity index (χ0v) is 15.0. The van der Waals surface area contributed by atoms with Gasteiger partial charge in [-0.2, -0.15) is 0 Å². The van der Waals surface area contributed by atoms with E-state index in [1.807, 2.05) is 19.2 Å². The van der Waals surface area contributed by atoms with Gasteiger partial charge in [0, 0.05) is 42.8 Å². The van der Waals surface area contributed by atoms with E-state index in [2.05, 4.69) is 15.2 Å². The first-order valence-electron chi connectivity index (χ1n) is 7.96. The molecule has 1 fully saturated rings. The largest absolute Gasteiger partial charge is 0.348 e. The molecule has 0 atom stereocenters. The van der Waals surface area contributed by atoms with Gasteiger partial charge in [-0.25, -0.2) is 4.98 Å². The zero-order chi connectivity index (χ0) is 17.1. The molecular formula is C17H20Cl2N4O. The Labute approximate surface area is 151 Å². The fourth-order valence-electron chi connectivity index (χ4n) is 2.96. The normalized spacial score (nSPS) is 16.3. The van der Waals surface area contributed by atoms with E-state index in [0.717, 1.165) is 38.0 Å². The second kappa shape index (κ2) is 7.55. The average molecular weight is 367 g/mol. The van der Waals surface area contributed by atoms with E-state index >= 15 is 0 Å². The molecule has 0 unspecified atom stereocenters. The van der Waals surface area contributed by atoms with Crippen LogP contribution in [0.5, 0.6) is 0 Å². The number of aromatic nitrogens is 2. The number of nitrogens with zero attached hydrogens (tertiary/aromatic N) is 3. The monoisotopic (exact) mass is 366 g/mol. The predicted octanol–water partition coefficient (Wildman–Crippen LogP) is 3.12. The van der Waals surface area contributed by atoms with Crippen LogP contribution in [-0.2, 0) is 13.6 Å². The first-order chi connectivity index (χ1) is 11.5. The summed E-state index contributed by atoms with van der Waals surface area (Å²) < 4.78 is 1.73. The maximum absolute atomic E-state index is 12.2. The fraction of sp³-hybridized carbons (Fsp3) is 0.412. The highest BCUT2D eigenvalue weighted by molar-refractivity contribution is 6.35. The molecule has 1 aliphatic rings. The summed E-state index contributed by atoms with van der Waals surface area (Å²) >= 11 is 12.2. The van der Waals surface area contributed by atoms with Gasteiger partial charge < -0.3 is 9.88 Å². The van der Waals surface area contributed by atoms with Gasteiger partial charge in [-0.15, -0.1) is 0 Å². The molecule has 5 nitrogen and oxygen atoms in total. The zero-order valence-electron chi connectivity index (χ0n) is 13.5. The lowest BCUT2D eigenvalue weighted by atomic mass is 10.0. The van der Waals surface area contributed by atoms with E-state index in [1.165, 1.54) is 0 Å². The van der Waals surface area contributed by atoms with E-state index in [1.54, 1.807) is 23.2 Å². The molecule has 24 heavy (non-hydrogen) atoms. The minimum absolute atomic E-state index is 0.0609. The van der Waals surface area contributed by atoms with Crippen LogP contribution in [0.3, 0.4) is 0 Å². The highest BCUT2D eigenvalue weighted by Gasteiger charge is 2.22. The van der Waals surface area contributed by atoms with Gasteiger partial charge in [-0.3, -0.25) is 9.69 Å². The Morgan fingerprint density at radius 3 is 2.71 bits per heavy atom. The molecule has 0 aliphatic carbocycles. The number of piperidine rings is 1. The SMILES string of the molecule is Cn1cncc1C(=O)NC1CCN(Cc2ccc(Cl)cc2Cl)CC1. The third-order valence-electron chi connectivity index (χ3n) is 4.38. The molecule has 7 heteroatoms. The molecule has 1 aliphatic heterocycles. The van der Waals surface area contributed by atoms with Crippen molar-refractivity contribution in [1.29, 1.82) is 0 Å². The van der Waals surface area contributed by atoms with Crippen LogP contribution in [0.1, 0.15) is 28.9 Å². The quantitative estimate of drug-likeness (QED) is 0.904. The number of carbonyl (C=O) groups is 1. The van der Waals surface area contributed by atoms with Gasteiger partial charge in [0.15, 0.2) is 0 Å². The maximum Gasteiger partial charge on any atom is 0.269 e. The summed E-state index contributed by atoms with van der Waals surface area (Å²) in [6.45, 7) is 2.66. The topological polar surface area (TPSA) is 50.2 Å². The van der Waals surface area contributed by atoms with Crippen molar-refractivity contribution in [2.75, 3.05) is 13.1 Å². The summed E-state index contributed by atoms with van der Waals surface area (Å²) in [5, 5.41) is 4.45. The third kappa shape index (κ3) is 4.09. The number of nitrogens with one attached hydrogen (secondary N) is 1. The lowest BCUT2D eigenvalue weighted by molar-refractivity contribution is 0.0900. The van der Waals surface area contributed by atoms with Gasteiger partial charge >= 0.3 is 0 Å². The highest BCUT2D eigenvalue weighted by Crippen LogP contribution is 2.23. The lowest BCUT2D eigenvalue weighted by Gasteiger charge is -2.32. The van der Waals surface area contributed by atoms with Gasteiger partial charge in [-0.05, 0) is 30.5 Å². The summed E-state index contributed by atoms with van der Waals surface area (Å²) in [6, 6.07) is 5.81. The Morgan fingerprint density at radius 2 is 2.08 bits per heavy atom. The van der Waals surface area contributed by atoms with Crippen molar-refractivity contribution in [2.45, 2.75) is 25.4 Å². The number of likely N-dealkylation sites (tertiary alicyclic amines) is 1. The van der Waals surface area contributed by atoms with Crippen LogP contribution < -0.4 is 5.32 Å². The van der Waals surface area contributed by atoms with Crippen molar-refractivity contribution in [3.05, 3.63) is 52.0 Å². The van der Waals surface area contributed by atoms with Crippen molar-refractivity contribution >= 4 is 29.1 Å². The number of carbonyl (C=O) groups excluding carboxylic acids is 1. The first-order valence-corrected chi connectivity index (χ1v) is 8.72. The van der Waals surface area contributed by atoms with Crippen LogP contribution in [0.25, 0.3) is 0 Å². The summed E-state index contributed by atoms with van der Waals surface area (Å²) in [5.41, 5.74) is 1.67. The van der Waals surface area contributed by atoms with Crippen molar-refractivity contribution < 1.29 is 4.79 Å². The van der Waals surface area contributed by atoms with E-state index < -0.39 is 0 Å². The second-order valence-electron chi connectivity index (χ2n) is 6.15. The smallest absolute Gasteiger partial charge is 0.269 e. The molecule has 1 N–H and O–H groups in total. The van der Waals surface area contributed by atoms with Crippen LogP contribution in [0.4, 0.5) is 0 Å². The molecule has 1 amide bonds. The summed E-state index contributed by atoms with van der Waals surface area (Å²) in [7, 11) is 1.82. The van der Waals surface area contributed by atoms with E-state index in [4.69, 9.17) is 23.2 Å². The molecule has 2 aromatic rings. The van der Waals surface area contributed by atoms with Crippen LogP contribution in [0.2, 0.25) is 10.0 Å². The van der Waals surface area contributed by atoms with Crippen LogP contribution in [0, 0.1) is 0 Å². The number of halogens is 2. The summed E-state index contributed by atoms with van der Waals surface area (Å²) in [6.07, 6.45) is 5.07. The molecule has 128 valence electrons. The number of hydrogen-bond acceptors (Lipinski definition) is 3. The molecular weight excluding hydrogens is 347 g/mol. The van der Waals surface area contributed by atoms with Crippen LogP contribution >= 0.6 is 23.2 Å². The third-order valence-corrected chi connectivity index (χ3v) is 4.97. The van der Waals surface area contributed by atoms with Crippen molar-refractivity contribution in [3.8, 4) is 0 Å². The van der Waals surface area contributed by atoms with Crippen molar-refractivity contribution in [2.24, 2.45) is 7.05 Å². The number of hydrogen-bond donors (Lipinski definition) is 1. The molecule has 1 aromatic heterocycles. The van der Waals surface area contributed by atoms with Crippen molar-refractivity contribution in [1.82, 2.24) is 19.8 Å². The molecule has 3 rings (SSSR count). The lowest BCUT2D eigenvalue weighted by Crippen LogP contribution is -2.44. The van der Waals surface area contributed by atoms with E-state index in [-0.39, 0.29) is 11.9 Å². The van der Waals surface area contributed by atoms with Crippen LogP contribution in [-0.4, -0.2) is 39.5 Å². The minimum Gasteiger partial charge on any atom is -0.348 e. The van der Waals surface area contributed by atoms with Gasteiger partial charge in [0.1, 0.15) is 5.69 Å². The summed E-state index contributed by atoms with van der Waals surface area (Å²) in [5.74, 6) is -0.0609. The standard InChI is InChI=1S/C17H20Cl2N4O/c1-22-11-20-9-16(22)17(24)21-14-4-6-23(7-5-14)10-12-2-3-13(18)8-15(12)19/h2-3,8-9,11,14H,4-7,10H2,1H3,(H,21,24). The molecule has 1 saturated heterocycles. The Bertz CT molecular complexity index is 723. The molecule has 0 radical (unpaired) electrons. The summed E-state index contributed by atoms with van der Waals surface area (Å²) in [4.78, 5) is 18.6. The van der Waals surface area contributed by atoms with Gasteiger partial charge in [0.25, 0.3) is 5.91 Å². The second-order valence-corrected chi connectivity index (χ2v) is 6.99. The predicted molar refractivity (Wildman–Crippen MR) is 95.4 cm³/mol. The van der Waals surface area contributed by atoms with E-state index in [9.17, 15) is 4.79 Å². The number of amides is 1. The molecule has 1 aromatic carbocycles. The average Bonchev–Trinajstić information content (AvgIpc) is 2.98. The van der Waals surface area contributed by atoms with Crippen molar-refractivity contribution in [3.63, 3.8) is 0 Å². The van der Waals surface area contributed by atoms with Gasteiger partial charge in [0.2, 0.25) is 0 Å². The maximum atomic E-state index is 12.2.